The van der Waals surface area contributed by atoms with Gasteiger partial charge in [0.05, 0.1) is 19.7 Å². The molecule has 19 heavy (non-hydrogen) atoms. The number of benzene rings is 1. The minimum absolute atomic E-state index is 0.0598. The molecule has 0 amide bonds. The molecule has 4 heteroatoms. The summed E-state index contributed by atoms with van der Waals surface area (Å²) < 4.78 is 11.2. The first-order valence-corrected chi connectivity index (χ1v) is 6.95. The van der Waals surface area contributed by atoms with Crippen LogP contribution < -0.4 is 10.1 Å². The van der Waals surface area contributed by atoms with Crippen molar-refractivity contribution < 1.29 is 9.47 Å². The van der Waals surface area contributed by atoms with Crippen molar-refractivity contribution in [2.45, 2.75) is 31.4 Å². The molecular weight excluding hydrogens is 240 g/mol. The largest absolute Gasteiger partial charge is 0.497 e. The number of hydrogen-bond acceptors (Lipinski definition) is 4. The SMILES string of the molecule is COc1ccc(C2CN=C(C3CCCCN3)O2)cc1. The van der Waals surface area contributed by atoms with Crippen LogP contribution in [0.1, 0.15) is 30.9 Å². The maximum absolute atomic E-state index is 6.01. The Hall–Kier alpha value is -1.55. The Labute approximate surface area is 113 Å². The van der Waals surface area contributed by atoms with Gasteiger partial charge in [-0.05, 0) is 37.1 Å². The van der Waals surface area contributed by atoms with Gasteiger partial charge in [-0.2, -0.15) is 0 Å². The number of nitrogens with zero attached hydrogens (tertiary/aromatic N) is 1. The van der Waals surface area contributed by atoms with Crippen molar-refractivity contribution in [3.63, 3.8) is 0 Å². The maximum atomic E-state index is 6.01. The Morgan fingerprint density at radius 2 is 2.11 bits per heavy atom. The molecule has 1 aromatic rings. The lowest BCUT2D eigenvalue weighted by molar-refractivity contribution is 0.213. The zero-order valence-electron chi connectivity index (χ0n) is 11.3. The van der Waals surface area contributed by atoms with Gasteiger partial charge in [-0.25, -0.2) is 4.99 Å². The van der Waals surface area contributed by atoms with Gasteiger partial charge in [-0.15, -0.1) is 0 Å². The van der Waals surface area contributed by atoms with Crippen LogP contribution in [0.5, 0.6) is 5.75 Å². The van der Waals surface area contributed by atoms with Gasteiger partial charge >= 0.3 is 0 Å². The van der Waals surface area contributed by atoms with Gasteiger partial charge in [0.2, 0.25) is 5.90 Å². The van der Waals surface area contributed by atoms with Crippen molar-refractivity contribution in [1.29, 1.82) is 0 Å². The molecule has 0 spiro atoms. The van der Waals surface area contributed by atoms with Gasteiger partial charge < -0.3 is 14.8 Å². The second kappa shape index (κ2) is 5.61. The van der Waals surface area contributed by atoms with E-state index in [1.54, 1.807) is 7.11 Å². The molecule has 0 bridgehead atoms. The van der Waals surface area contributed by atoms with Crippen LogP contribution in [-0.4, -0.2) is 32.1 Å². The molecule has 2 unspecified atom stereocenters. The highest BCUT2D eigenvalue weighted by Crippen LogP contribution is 2.26. The number of nitrogens with one attached hydrogen (secondary N) is 1. The summed E-state index contributed by atoms with van der Waals surface area (Å²) in [6.07, 6.45) is 3.71. The fourth-order valence-electron chi connectivity index (χ4n) is 2.64. The number of hydrogen-bond donors (Lipinski definition) is 1. The van der Waals surface area contributed by atoms with E-state index in [1.165, 1.54) is 12.8 Å². The third-order valence-electron chi connectivity index (χ3n) is 3.77. The summed E-state index contributed by atoms with van der Waals surface area (Å²) in [6.45, 7) is 1.79. The molecule has 0 radical (unpaired) electrons. The summed E-state index contributed by atoms with van der Waals surface area (Å²) in [5.41, 5.74) is 1.16. The first-order valence-electron chi connectivity index (χ1n) is 6.95. The normalized spacial score (nSPS) is 26.7. The summed E-state index contributed by atoms with van der Waals surface area (Å²) in [4.78, 5) is 4.56. The van der Waals surface area contributed by atoms with Gasteiger partial charge in [0.25, 0.3) is 0 Å². The van der Waals surface area contributed by atoms with Crippen molar-refractivity contribution in [2.24, 2.45) is 4.99 Å². The van der Waals surface area contributed by atoms with Crippen molar-refractivity contribution in [2.75, 3.05) is 20.2 Å². The fraction of sp³-hybridized carbons (Fsp3) is 0.533. The highest BCUT2D eigenvalue weighted by Gasteiger charge is 2.28. The lowest BCUT2D eigenvalue weighted by Gasteiger charge is -2.23. The van der Waals surface area contributed by atoms with Gasteiger partial charge in [0, 0.05) is 0 Å². The molecule has 3 rings (SSSR count). The lowest BCUT2D eigenvalue weighted by Crippen LogP contribution is -2.40. The summed E-state index contributed by atoms with van der Waals surface area (Å²) >= 11 is 0. The van der Waals surface area contributed by atoms with E-state index in [0.717, 1.165) is 36.7 Å². The molecule has 2 aliphatic rings. The van der Waals surface area contributed by atoms with E-state index in [4.69, 9.17) is 9.47 Å². The Morgan fingerprint density at radius 3 is 2.79 bits per heavy atom. The standard InChI is InChI=1S/C15H20N2O2/c1-18-12-7-5-11(6-8-12)14-10-17-15(19-14)13-4-2-3-9-16-13/h5-8,13-14,16H,2-4,9-10H2,1H3. The van der Waals surface area contributed by atoms with Crippen LogP contribution in [0.15, 0.2) is 29.3 Å². The van der Waals surface area contributed by atoms with Crippen LogP contribution in [0.2, 0.25) is 0 Å². The van der Waals surface area contributed by atoms with E-state index in [2.05, 4.69) is 22.4 Å². The molecule has 2 aliphatic heterocycles. The Bertz CT molecular complexity index is 450. The minimum Gasteiger partial charge on any atom is -0.497 e. The fourth-order valence-corrected chi connectivity index (χ4v) is 2.64. The minimum atomic E-state index is 0.0598. The quantitative estimate of drug-likeness (QED) is 0.907. The summed E-state index contributed by atoms with van der Waals surface area (Å²) in [6, 6.07) is 8.36. The molecule has 1 N–H and O–H groups in total. The summed E-state index contributed by atoms with van der Waals surface area (Å²) in [5.74, 6) is 1.76. The zero-order valence-corrected chi connectivity index (χ0v) is 11.3. The van der Waals surface area contributed by atoms with Gasteiger partial charge in [-0.3, -0.25) is 0 Å². The van der Waals surface area contributed by atoms with Crippen LogP contribution in [0.3, 0.4) is 0 Å². The number of piperidine rings is 1. The Balaban J connectivity index is 1.63. The molecule has 2 heterocycles. The lowest BCUT2D eigenvalue weighted by atomic mass is 10.1. The molecule has 1 fully saturated rings. The van der Waals surface area contributed by atoms with E-state index in [-0.39, 0.29) is 6.10 Å². The van der Waals surface area contributed by atoms with Crippen molar-refractivity contribution in [3.05, 3.63) is 29.8 Å². The molecule has 0 saturated carbocycles. The molecule has 1 saturated heterocycles. The summed E-state index contributed by atoms with van der Waals surface area (Å²) in [7, 11) is 1.68. The first-order chi connectivity index (χ1) is 9.36. The predicted molar refractivity (Wildman–Crippen MR) is 74.8 cm³/mol. The van der Waals surface area contributed by atoms with E-state index in [9.17, 15) is 0 Å². The Kier molecular flexibility index (Phi) is 3.69. The molecular formula is C15H20N2O2. The molecule has 4 nitrogen and oxygen atoms in total. The van der Waals surface area contributed by atoms with Crippen molar-refractivity contribution >= 4 is 5.90 Å². The molecule has 0 aromatic heterocycles. The van der Waals surface area contributed by atoms with Gasteiger partial charge in [0.15, 0.2) is 0 Å². The highest BCUT2D eigenvalue weighted by molar-refractivity contribution is 5.83. The molecule has 1 aromatic carbocycles. The average Bonchev–Trinajstić information content (AvgIpc) is 2.98. The van der Waals surface area contributed by atoms with E-state index >= 15 is 0 Å². The van der Waals surface area contributed by atoms with Crippen LogP contribution >= 0.6 is 0 Å². The van der Waals surface area contributed by atoms with Crippen LogP contribution in [0.4, 0.5) is 0 Å². The topological polar surface area (TPSA) is 42.8 Å². The number of aliphatic imine (C=N–C) groups is 1. The molecule has 2 atom stereocenters. The monoisotopic (exact) mass is 260 g/mol. The third-order valence-corrected chi connectivity index (χ3v) is 3.77. The predicted octanol–water partition coefficient (Wildman–Crippen LogP) is 2.31. The van der Waals surface area contributed by atoms with Crippen LogP contribution in [-0.2, 0) is 4.74 Å². The smallest absolute Gasteiger partial charge is 0.201 e. The summed E-state index contributed by atoms with van der Waals surface area (Å²) in [5, 5.41) is 3.48. The van der Waals surface area contributed by atoms with Gasteiger partial charge in [0.1, 0.15) is 11.9 Å². The highest BCUT2D eigenvalue weighted by atomic mass is 16.5. The number of rotatable bonds is 3. The first kappa shape index (κ1) is 12.5. The number of ether oxygens (including phenoxy) is 2. The zero-order chi connectivity index (χ0) is 13.1. The van der Waals surface area contributed by atoms with Crippen LogP contribution in [0, 0.1) is 0 Å². The Morgan fingerprint density at radius 1 is 1.26 bits per heavy atom. The molecule has 0 aliphatic carbocycles. The molecule has 102 valence electrons. The van der Waals surface area contributed by atoms with Crippen molar-refractivity contribution in [1.82, 2.24) is 5.32 Å². The van der Waals surface area contributed by atoms with E-state index in [0.29, 0.717) is 6.04 Å². The second-order valence-corrected chi connectivity index (χ2v) is 5.06. The van der Waals surface area contributed by atoms with Crippen LogP contribution in [0.25, 0.3) is 0 Å². The maximum Gasteiger partial charge on any atom is 0.201 e. The number of methoxy groups -OCH3 is 1. The second-order valence-electron chi connectivity index (χ2n) is 5.06. The van der Waals surface area contributed by atoms with Crippen molar-refractivity contribution in [3.8, 4) is 5.75 Å². The van der Waals surface area contributed by atoms with Gasteiger partial charge in [-0.1, -0.05) is 18.6 Å². The average molecular weight is 260 g/mol. The van der Waals surface area contributed by atoms with E-state index < -0.39 is 0 Å². The van der Waals surface area contributed by atoms with E-state index in [1.807, 2.05) is 12.1 Å². The third kappa shape index (κ3) is 2.73.